The molecule has 0 aromatic heterocycles. The summed E-state index contributed by atoms with van der Waals surface area (Å²) in [7, 11) is -4.64. The van der Waals surface area contributed by atoms with Gasteiger partial charge >= 0.3 is 6.18 Å². The van der Waals surface area contributed by atoms with E-state index in [1.54, 1.807) is 6.92 Å². The minimum Gasteiger partial charge on any atom is -0.209 e. The molecule has 0 aliphatic heterocycles. The van der Waals surface area contributed by atoms with Crippen molar-refractivity contribution in [2.75, 3.05) is 13.1 Å². The van der Waals surface area contributed by atoms with Crippen molar-refractivity contribution < 1.29 is 30.4 Å². The van der Waals surface area contributed by atoms with Crippen LogP contribution in [-0.2, 0) is 16.2 Å². The minimum atomic E-state index is -4.88. The molecule has 120 valence electrons. The zero-order chi connectivity index (χ0) is 16.3. The quantitative estimate of drug-likeness (QED) is 0.750. The Balaban J connectivity index is 3.35. The molecule has 9 heteroatoms. The second-order valence-corrected chi connectivity index (χ2v) is 6.15. The average molecular weight is 331 g/mol. The van der Waals surface area contributed by atoms with Gasteiger partial charge in [-0.3, -0.25) is 0 Å². The van der Waals surface area contributed by atoms with Crippen LogP contribution in [0.4, 0.5) is 22.0 Å². The van der Waals surface area contributed by atoms with Crippen LogP contribution in [0.5, 0.6) is 0 Å². The van der Waals surface area contributed by atoms with Gasteiger partial charge in [0.15, 0.2) is 0 Å². The summed E-state index contributed by atoms with van der Waals surface area (Å²) in [6.07, 6.45) is -7.64. The summed E-state index contributed by atoms with van der Waals surface area (Å²) in [5, 5.41) is 0. The van der Waals surface area contributed by atoms with Gasteiger partial charge in [0, 0.05) is 6.54 Å². The Morgan fingerprint density at radius 1 is 1.19 bits per heavy atom. The maximum atomic E-state index is 12.9. The summed E-state index contributed by atoms with van der Waals surface area (Å²) in [6, 6.07) is 3.54. The van der Waals surface area contributed by atoms with E-state index in [0.717, 1.165) is 18.2 Å². The van der Waals surface area contributed by atoms with E-state index >= 15 is 0 Å². The first-order chi connectivity index (χ1) is 9.60. The lowest BCUT2D eigenvalue weighted by atomic mass is 10.2. The summed E-state index contributed by atoms with van der Waals surface area (Å²) in [5.74, 6) is 0. The van der Waals surface area contributed by atoms with Crippen molar-refractivity contribution in [2.24, 2.45) is 0 Å². The molecule has 0 N–H and O–H groups in total. The highest BCUT2D eigenvalue weighted by molar-refractivity contribution is 7.89. The number of rotatable bonds is 6. The number of alkyl halides is 5. The molecule has 0 radical (unpaired) electrons. The van der Waals surface area contributed by atoms with Gasteiger partial charge in [0.25, 0.3) is 6.43 Å². The second-order valence-electron chi connectivity index (χ2n) is 4.25. The zero-order valence-corrected chi connectivity index (χ0v) is 11.9. The molecule has 0 unspecified atom stereocenters. The number of hydrogen-bond acceptors (Lipinski definition) is 2. The first-order valence-corrected chi connectivity index (χ1v) is 7.49. The van der Waals surface area contributed by atoms with Gasteiger partial charge in [0.05, 0.1) is 17.0 Å². The molecule has 1 rings (SSSR count). The lowest BCUT2D eigenvalue weighted by Crippen LogP contribution is -2.36. The monoisotopic (exact) mass is 331 g/mol. The van der Waals surface area contributed by atoms with Crippen LogP contribution in [0.1, 0.15) is 18.9 Å². The molecule has 0 aliphatic carbocycles. The minimum absolute atomic E-state index is 0.208. The molecule has 0 aliphatic rings. The standard InChI is InChI=1S/C12H14F5NO2S/c1-2-7-18(8-11(13)14)21(19,20)10-6-4-3-5-9(10)12(15,16)17/h3-6,11H,2,7-8H2,1H3. The molecule has 0 amide bonds. The maximum Gasteiger partial charge on any atom is 0.417 e. The Bertz CT molecular complexity index is 571. The lowest BCUT2D eigenvalue weighted by molar-refractivity contribution is -0.139. The van der Waals surface area contributed by atoms with Gasteiger partial charge < -0.3 is 0 Å². The van der Waals surface area contributed by atoms with Gasteiger partial charge in [-0.25, -0.2) is 17.2 Å². The van der Waals surface area contributed by atoms with E-state index in [1.807, 2.05) is 0 Å². The Labute approximate surface area is 119 Å². The van der Waals surface area contributed by atoms with Crippen molar-refractivity contribution in [3.63, 3.8) is 0 Å². The molecule has 0 fully saturated rings. The fraction of sp³-hybridized carbons (Fsp3) is 0.500. The van der Waals surface area contributed by atoms with Crippen LogP contribution >= 0.6 is 0 Å². The molecule has 1 aromatic carbocycles. The van der Waals surface area contributed by atoms with Crippen LogP contribution in [-0.4, -0.2) is 32.2 Å². The molecule has 0 bridgehead atoms. The van der Waals surface area contributed by atoms with Crippen molar-refractivity contribution in [1.82, 2.24) is 4.31 Å². The van der Waals surface area contributed by atoms with E-state index in [0.29, 0.717) is 10.4 Å². The van der Waals surface area contributed by atoms with Crippen LogP contribution in [0.3, 0.4) is 0 Å². The summed E-state index contributed by atoms with van der Waals surface area (Å²) in [6.45, 7) is 0.130. The molecular weight excluding hydrogens is 317 g/mol. The van der Waals surface area contributed by atoms with Gasteiger partial charge in [-0.05, 0) is 18.6 Å². The smallest absolute Gasteiger partial charge is 0.209 e. The summed E-state index contributed by atoms with van der Waals surface area (Å²) in [4.78, 5) is -1.01. The van der Waals surface area contributed by atoms with Gasteiger partial charge in [0.1, 0.15) is 0 Å². The highest BCUT2D eigenvalue weighted by Gasteiger charge is 2.39. The van der Waals surface area contributed by atoms with Crippen molar-refractivity contribution in [3.8, 4) is 0 Å². The van der Waals surface area contributed by atoms with Crippen LogP contribution in [0, 0.1) is 0 Å². The summed E-state index contributed by atoms with van der Waals surface area (Å²) < 4.78 is 88.3. The van der Waals surface area contributed by atoms with Crippen LogP contribution in [0.2, 0.25) is 0 Å². The topological polar surface area (TPSA) is 37.4 Å². The predicted octanol–water partition coefficient (Wildman–Crippen LogP) is 3.37. The Morgan fingerprint density at radius 3 is 2.24 bits per heavy atom. The third kappa shape index (κ3) is 4.37. The lowest BCUT2D eigenvalue weighted by Gasteiger charge is -2.23. The molecule has 1 aromatic rings. The van der Waals surface area contributed by atoms with Crippen molar-refractivity contribution in [1.29, 1.82) is 0 Å². The summed E-state index contributed by atoms with van der Waals surface area (Å²) in [5.41, 5.74) is -1.36. The first kappa shape index (κ1) is 17.8. The van der Waals surface area contributed by atoms with E-state index in [1.165, 1.54) is 0 Å². The van der Waals surface area contributed by atoms with E-state index in [4.69, 9.17) is 0 Å². The summed E-state index contributed by atoms with van der Waals surface area (Å²) >= 11 is 0. The normalized spacial score (nSPS) is 13.1. The molecule has 0 heterocycles. The first-order valence-electron chi connectivity index (χ1n) is 6.05. The molecule has 3 nitrogen and oxygen atoms in total. The van der Waals surface area contributed by atoms with Crippen LogP contribution < -0.4 is 0 Å². The van der Waals surface area contributed by atoms with Crippen molar-refractivity contribution in [2.45, 2.75) is 30.8 Å². The second kappa shape index (κ2) is 6.69. The van der Waals surface area contributed by atoms with E-state index in [2.05, 4.69) is 0 Å². The fourth-order valence-corrected chi connectivity index (χ4v) is 3.50. The van der Waals surface area contributed by atoms with Gasteiger partial charge in [-0.15, -0.1) is 0 Å². The van der Waals surface area contributed by atoms with E-state index < -0.39 is 39.6 Å². The number of benzene rings is 1. The average Bonchev–Trinajstić information content (AvgIpc) is 2.36. The van der Waals surface area contributed by atoms with E-state index in [9.17, 15) is 30.4 Å². The molecule has 0 saturated carbocycles. The SMILES string of the molecule is CCCN(CC(F)F)S(=O)(=O)c1ccccc1C(F)(F)F. The number of halogens is 5. The molecule has 21 heavy (non-hydrogen) atoms. The largest absolute Gasteiger partial charge is 0.417 e. The molecule has 0 spiro atoms. The number of sulfonamides is 1. The number of nitrogens with zero attached hydrogens (tertiary/aromatic N) is 1. The van der Waals surface area contributed by atoms with Crippen LogP contribution in [0.15, 0.2) is 29.2 Å². The van der Waals surface area contributed by atoms with Crippen molar-refractivity contribution >= 4 is 10.0 Å². The third-order valence-corrected chi connectivity index (χ3v) is 4.55. The third-order valence-electron chi connectivity index (χ3n) is 2.62. The zero-order valence-electron chi connectivity index (χ0n) is 11.1. The Morgan fingerprint density at radius 2 is 1.76 bits per heavy atom. The Kier molecular flexibility index (Phi) is 5.68. The highest BCUT2D eigenvalue weighted by atomic mass is 32.2. The van der Waals surface area contributed by atoms with Gasteiger partial charge in [-0.2, -0.15) is 17.5 Å². The van der Waals surface area contributed by atoms with Crippen molar-refractivity contribution in [3.05, 3.63) is 29.8 Å². The van der Waals surface area contributed by atoms with Crippen LogP contribution in [0.25, 0.3) is 0 Å². The predicted molar refractivity (Wildman–Crippen MR) is 66.5 cm³/mol. The fourth-order valence-electron chi connectivity index (χ4n) is 1.78. The highest BCUT2D eigenvalue weighted by Crippen LogP contribution is 2.35. The number of hydrogen-bond donors (Lipinski definition) is 0. The molecule has 0 saturated heterocycles. The Hall–Kier alpha value is -1.22. The molecule has 0 atom stereocenters. The van der Waals surface area contributed by atoms with Gasteiger partial charge in [-0.1, -0.05) is 19.1 Å². The van der Waals surface area contributed by atoms with E-state index in [-0.39, 0.29) is 13.0 Å². The van der Waals surface area contributed by atoms with Gasteiger partial charge in [0.2, 0.25) is 10.0 Å². The maximum absolute atomic E-state index is 12.9. The molecular formula is C12H14F5NO2S.